The maximum atomic E-state index is 12.3. The van der Waals surface area contributed by atoms with Crippen LogP contribution >= 0.6 is 0 Å². The summed E-state index contributed by atoms with van der Waals surface area (Å²) in [6.45, 7) is 5.74. The summed E-state index contributed by atoms with van der Waals surface area (Å²) in [5, 5.41) is 12.4. The second-order valence-electron chi connectivity index (χ2n) is 5.22. The molecule has 2 heterocycles. The Morgan fingerprint density at radius 3 is 2.94 bits per heavy atom. The second-order valence-corrected chi connectivity index (χ2v) is 5.22. The number of hydrogen-bond donors (Lipinski definition) is 2. The number of amides is 1. The molecule has 0 radical (unpaired) electrons. The van der Waals surface area contributed by atoms with Crippen LogP contribution in [0.15, 0.2) is 0 Å². The summed E-state index contributed by atoms with van der Waals surface area (Å²) in [5.74, 6) is 1.18. The van der Waals surface area contributed by atoms with Gasteiger partial charge in [0.1, 0.15) is 0 Å². The van der Waals surface area contributed by atoms with E-state index in [9.17, 15) is 4.79 Å². The van der Waals surface area contributed by atoms with Gasteiger partial charge in [-0.15, -0.1) is 0 Å². The fraction of sp³-hybridized carbons (Fsp3) is 0.917. The van der Waals surface area contributed by atoms with Gasteiger partial charge in [-0.2, -0.15) is 0 Å². The first-order valence-corrected chi connectivity index (χ1v) is 6.32. The van der Waals surface area contributed by atoms with Crippen LogP contribution in [0.1, 0.15) is 19.8 Å². The second kappa shape index (κ2) is 5.15. The molecule has 0 aromatic rings. The number of rotatable bonds is 2. The molecule has 2 N–H and O–H groups in total. The van der Waals surface area contributed by atoms with Gasteiger partial charge in [-0.3, -0.25) is 4.79 Å². The molecule has 3 unspecified atom stereocenters. The minimum atomic E-state index is 0.150. The summed E-state index contributed by atoms with van der Waals surface area (Å²) in [7, 11) is 0. The molecule has 2 aliphatic rings. The monoisotopic (exact) mass is 226 g/mol. The average Bonchev–Trinajstić information content (AvgIpc) is 2.74. The van der Waals surface area contributed by atoms with E-state index in [1.54, 1.807) is 0 Å². The first-order chi connectivity index (χ1) is 7.72. The molecular formula is C12H22N2O2. The third kappa shape index (κ3) is 2.38. The Morgan fingerprint density at radius 1 is 1.50 bits per heavy atom. The maximum Gasteiger partial charge on any atom is 0.227 e. The summed E-state index contributed by atoms with van der Waals surface area (Å²) in [5.41, 5.74) is 0. The Labute approximate surface area is 97.0 Å². The van der Waals surface area contributed by atoms with Crippen molar-refractivity contribution in [2.24, 2.45) is 17.8 Å². The van der Waals surface area contributed by atoms with Gasteiger partial charge in [-0.1, -0.05) is 6.92 Å². The average molecular weight is 226 g/mol. The number of carbonyl (C=O) groups is 1. The molecule has 0 spiro atoms. The van der Waals surface area contributed by atoms with E-state index in [1.165, 1.54) is 0 Å². The molecule has 0 aliphatic carbocycles. The number of carbonyl (C=O) groups excluding carboxylic acids is 1. The first-order valence-electron chi connectivity index (χ1n) is 6.32. The van der Waals surface area contributed by atoms with Crippen LogP contribution in [0.25, 0.3) is 0 Å². The van der Waals surface area contributed by atoms with Crippen molar-refractivity contribution in [1.29, 1.82) is 0 Å². The van der Waals surface area contributed by atoms with Crippen LogP contribution in [0.2, 0.25) is 0 Å². The van der Waals surface area contributed by atoms with Gasteiger partial charge in [0.05, 0.1) is 5.92 Å². The fourth-order valence-corrected chi connectivity index (χ4v) is 2.79. The molecule has 2 rings (SSSR count). The smallest absolute Gasteiger partial charge is 0.227 e. The van der Waals surface area contributed by atoms with Crippen LogP contribution < -0.4 is 5.32 Å². The van der Waals surface area contributed by atoms with Crippen molar-refractivity contribution in [3.63, 3.8) is 0 Å². The standard InChI is InChI=1S/C12H22N2O2/c1-9-5-13-6-11(9)12(16)14-4-2-3-10(7-14)8-15/h9-11,13,15H,2-8H2,1H3. The summed E-state index contributed by atoms with van der Waals surface area (Å²) in [4.78, 5) is 14.2. The predicted octanol–water partition coefficient (Wildman–Crippen LogP) is 0.0728. The SMILES string of the molecule is CC1CNCC1C(=O)N1CCCC(CO)C1. The normalized spacial score (nSPS) is 35.4. The van der Waals surface area contributed by atoms with Crippen LogP contribution in [-0.4, -0.2) is 48.7 Å². The van der Waals surface area contributed by atoms with E-state index in [4.69, 9.17) is 5.11 Å². The van der Waals surface area contributed by atoms with Crippen LogP contribution in [0.4, 0.5) is 0 Å². The third-order valence-electron chi connectivity index (χ3n) is 3.92. The van der Waals surface area contributed by atoms with Gasteiger partial charge in [-0.05, 0) is 31.2 Å². The fourth-order valence-electron chi connectivity index (χ4n) is 2.79. The minimum Gasteiger partial charge on any atom is -0.396 e. The predicted molar refractivity (Wildman–Crippen MR) is 61.9 cm³/mol. The number of aliphatic hydroxyl groups excluding tert-OH is 1. The molecule has 92 valence electrons. The van der Waals surface area contributed by atoms with Crippen molar-refractivity contribution in [2.75, 3.05) is 32.8 Å². The molecule has 2 aliphatic heterocycles. The van der Waals surface area contributed by atoms with E-state index in [2.05, 4.69) is 12.2 Å². The van der Waals surface area contributed by atoms with Crippen LogP contribution in [0.5, 0.6) is 0 Å². The van der Waals surface area contributed by atoms with Crippen molar-refractivity contribution in [2.45, 2.75) is 19.8 Å². The van der Waals surface area contributed by atoms with Crippen molar-refractivity contribution in [3.8, 4) is 0 Å². The van der Waals surface area contributed by atoms with Gasteiger partial charge in [0.25, 0.3) is 0 Å². The largest absolute Gasteiger partial charge is 0.396 e. The van der Waals surface area contributed by atoms with Gasteiger partial charge in [0, 0.05) is 26.2 Å². The van der Waals surface area contributed by atoms with Gasteiger partial charge < -0.3 is 15.3 Å². The molecular weight excluding hydrogens is 204 g/mol. The number of nitrogens with zero attached hydrogens (tertiary/aromatic N) is 1. The van der Waals surface area contributed by atoms with Gasteiger partial charge in [0.2, 0.25) is 5.91 Å². The highest BCUT2D eigenvalue weighted by atomic mass is 16.3. The highest BCUT2D eigenvalue weighted by Gasteiger charge is 2.34. The topological polar surface area (TPSA) is 52.6 Å². The Morgan fingerprint density at radius 2 is 2.31 bits per heavy atom. The van der Waals surface area contributed by atoms with E-state index < -0.39 is 0 Å². The summed E-state index contributed by atoms with van der Waals surface area (Å²) in [6.07, 6.45) is 2.09. The summed E-state index contributed by atoms with van der Waals surface area (Å²) in [6, 6.07) is 0. The summed E-state index contributed by atoms with van der Waals surface area (Å²) >= 11 is 0. The first kappa shape index (κ1) is 11.9. The Bertz CT molecular complexity index is 257. The third-order valence-corrected chi connectivity index (χ3v) is 3.92. The van der Waals surface area contributed by atoms with Crippen molar-refractivity contribution < 1.29 is 9.90 Å². The quantitative estimate of drug-likeness (QED) is 0.701. The van der Waals surface area contributed by atoms with Crippen molar-refractivity contribution in [1.82, 2.24) is 10.2 Å². The lowest BCUT2D eigenvalue weighted by Gasteiger charge is -2.34. The molecule has 2 saturated heterocycles. The number of piperidine rings is 1. The number of hydrogen-bond acceptors (Lipinski definition) is 3. The van der Waals surface area contributed by atoms with E-state index in [1.807, 2.05) is 4.90 Å². The zero-order valence-electron chi connectivity index (χ0n) is 9.98. The lowest BCUT2D eigenvalue weighted by atomic mass is 9.93. The number of likely N-dealkylation sites (tertiary alicyclic amines) is 1. The highest BCUT2D eigenvalue weighted by Crippen LogP contribution is 2.22. The molecule has 4 nitrogen and oxygen atoms in total. The zero-order chi connectivity index (χ0) is 11.5. The lowest BCUT2D eigenvalue weighted by molar-refractivity contribution is -0.138. The van der Waals surface area contributed by atoms with Crippen LogP contribution in [0.3, 0.4) is 0 Å². The Hall–Kier alpha value is -0.610. The zero-order valence-corrected chi connectivity index (χ0v) is 9.98. The molecule has 0 bridgehead atoms. The molecule has 0 aromatic heterocycles. The molecule has 2 fully saturated rings. The van der Waals surface area contributed by atoms with E-state index in [0.717, 1.165) is 39.0 Å². The van der Waals surface area contributed by atoms with Gasteiger partial charge >= 0.3 is 0 Å². The minimum absolute atomic E-state index is 0.150. The van der Waals surface area contributed by atoms with E-state index >= 15 is 0 Å². The van der Waals surface area contributed by atoms with E-state index in [-0.39, 0.29) is 18.4 Å². The van der Waals surface area contributed by atoms with E-state index in [0.29, 0.717) is 11.8 Å². The molecule has 1 amide bonds. The maximum absolute atomic E-state index is 12.3. The van der Waals surface area contributed by atoms with Crippen LogP contribution in [-0.2, 0) is 4.79 Å². The molecule has 3 atom stereocenters. The molecule has 4 heteroatoms. The van der Waals surface area contributed by atoms with Gasteiger partial charge in [-0.25, -0.2) is 0 Å². The van der Waals surface area contributed by atoms with Crippen LogP contribution in [0, 0.1) is 17.8 Å². The molecule has 0 aromatic carbocycles. The highest BCUT2D eigenvalue weighted by molar-refractivity contribution is 5.79. The molecule has 16 heavy (non-hydrogen) atoms. The molecule has 0 saturated carbocycles. The van der Waals surface area contributed by atoms with Crippen molar-refractivity contribution >= 4 is 5.91 Å². The number of aliphatic hydroxyl groups is 1. The Kier molecular flexibility index (Phi) is 3.82. The lowest BCUT2D eigenvalue weighted by Crippen LogP contribution is -2.45. The van der Waals surface area contributed by atoms with Gasteiger partial charge in [0.15, 0.2) is 0 Å². The summed E-state index contributed by atoms with van der Waals surface area (Å²) < 4.78 is 0. The Balaban J connectivity index is 1.93. The van der Waals surface area contributed by atoms with Crippen molar-refractivity contribution in [3.05, 3.63) is 0 Å². The number of nitrogens with one attached hydrogen (secondary N) is 1.